The summed E-state index contributed by atoms with van der Waals surface area (Å²) in [5, 5.41) is 0. The predicted molar refractivity (Wildman–Crippen MR) is 64.4 cm³/mol. The van der Waals surface area contributed by atoms with Gasteiger partial charge in [0.15, 0.2) is 0 Å². The van der Waals surface area contributed by atoms with Crippen LogP contribution in [-0.4, -0.2) is 20.5 Å². The molecule has 1 rings (SSSR count). The molecule has 0 amide bonds. The van der Waals surface area contributed by atoms with Crippen LogP contribution in [-0.2, 0) is 0 Å². The first-order valence-corrected chi connectivity index (χ1v) is 6.89. The van der Waals surface area contributed by atoms with Crippen LogP contribution in [0.15, 0.2) is 0 Å². The summed E-state index contributed by atoms with van der Waals surface area (Å²) in [6.07, 6.45) is 0. The van der Waals surface area contributed by atoms with E-state index in [4.69, 9.17) is 5.73 Å². The van der Waals surface area contributed by atoms with Crippen LogP contribution in [0.5, 0.6) is 0 Å². The number of rotatable bonds is 0. The molecule has 1 aliphatic carbocycles. The van der Waals surface area contributed by atoms with E-state index >= 15 is 0 Å². The van der Waals surface area contributed by atoms with Crippen molar-refractivity contribution in [3.05, 3.63) is 0 Å². The molecule has 2 N–H and O–H groups in total. The van der Waals surface area contributed by atoms with Gasteiger partial charge in [0.05, 0.1) is 0 Å². The third-order valence-electron chi connectivity index (χ3n) is 2.74. The molecule has 0 heterocycles. The van der Waals surface area contributed by atoms with Crippen LogP contribution in [0.4, 0.5) is 0 Å². The van der Waals surface area contributed by atoms with Crippen LogP contribution in [0, 0.1) is 11.8 Å². The number of hydrogen-bond acceptors (Lipinski definition) is 1. The summed E-state index contributed by atoms with van der Waals surface area (Å²) in [6.45, 7) is 4.46. The molecule has 1 fully saturated rings. The summed E-state index contributed by atoms with van der Waals surface area (Å²) in [5.41, 5.74) is 6.05. The van der Waals surface area contributed by atoms with Gasteiger partial charge < -0.3 is 5.73 Å². The lowest BCUT2D eigenvalue weighted by atomic mass is 9.80. The molecule has 72 valence electrons. The van der Waals surface area contributed by atoms with Gasteiger partial charge in [-0.2, -0.15) is 0 Å². The molecule has 0 aliphatic heterocycles. The van der Waals surface area contributed by atoms with Crippen molar-refractivity contribution in [3.8, 4) is 0 Å². The van der Waals surface area contributed by atoms with Crippen LogP contribution in [0.25, 0.3) is 0 Å². The number of hydrogen-bond donors (Lipinski definition) is 1. The smallest absolute Gasteiger partial charge is 0.0344 e. The van der Waals surface area contributed by atoms with Gasteiger partial charge in [-0.3, -0.25) is 0 Å². The molecule has 1 nitrogen and oxygen atoms in total. The van der Waals surface area contributed by atoms with Crippen molar-refractivity contribution < 1.29 is 0 Å². The van der Waals surface area contributed by atoms with E-state index in [0.29, 0.717) is 26.3 Å². The highest BCUT2D eigenvalue weighted by Gasteiger charge is 2.42. The van der Waals surface area contributed by atoms with Crippen molar-refractivity contribution in [2.24, 2.45) is 17.6 Å². The average Bonchev–Trinajstić information content (AvgIpc) is 2.08. The molecule has 4 unspecified atom stereocenters. The van der Waals surface area contributed by atoms with Crippen LogP contribution >= 0.6 is 47.8 Å². The number of alkyl halides is 3. The van der Waals surface area contributed by atoms with E-state index in [0.717, 1.165) is 0 Å². The van der Waals surface area contributed by atoms with Crippen LogP contribution in [0.2, 0.25) is 0 Å². The highest BCUT2D eigenvalue weighted by atomic mass is 79.9. The SMILES string of the molecule is CC1C(Br)C(C)C(Br)C(N)C1Br. The molecule has 0 spiro atoms. The Bertz CT molecular complexity index is 106. The third kappa shape index (κ3) is 1.91. The average molecular weight is 364 g/mol. The fourth-order valence-corrected chi connectivity index (χ4v) is 4.91. The second-order valence-electron chi connectivity index (χ2n) is 3.63. The Morgan fingerprint density at radius 1 is 0.833 bits per heavy atom. The Labute approximate surface area is 99.2 Å². The minimum Gasteiger partial charge on any atom is -0.326 e. The normalized spacial score (nSPS) is 55.5. The first-order valence-electron chi connectivity index (χ1n) is 4.14. The minimum atomic E-state index is 0.212. The molecular weight excluding hydrogens is 350 g/mol. The molecule has 12 heavy (non-hydrogen) atoms. The maximum atomic E-state index is 6.05. The van der Waals surface area contributed by atoms with E-state index < -0.39 is 0 Å². The van der Waals surface area contributed by atoms with Gasteiger partial charge in [0, 0.05) is 20.5 Å². The fourth-order valence-electron chi connectivity index (χ4n) is 1.71. The Balaban J connectivity index is 2.76. The highest BCUT2D eigenvalue weighted by molar-refractivity contribution is 9.10. The fraction of sp³-hybridized carbons (Fsp3) is 1.00. The van der Waals surface area contributed by atoms with Crippen LogP contribution in [0.3, 0.4) is 0 Å². The zero-order valence-electron chi connectivity index (χ0n) is 7.18. The molecule has 0 bridgehead atoms. The number of halogens is 3. The van der Waals surface area contributed by atoms with Gasteiger partial charge in [-0.15, -0.1) is 0 Å². The first kappa shape index (κ1) is 11.5. The highest BCUT2D eigenvalue weighted by Crippen LogP contribution is 2.40. The van der Waals surface area contributed by atoms with E-state index in [1.165, 1.54) is 0 Å². The molecule has 0 aromatic rings. The van der Waals surface area contributed by atoms with Crippen molar-refractivity contribution in [2.75, 3.05) is 0 Å². The van der Waals surface area contributed by atoms with E-state index in [2.05, 4.69) is 61.6 Å². The van der Waals surface area contributed by atoms with Gasteiger partial charge in [-0.25, -0.2) is 0 Å². The molecule has 1 aliphatic rings. The second-order valence-corrected chi connectivity index (χ2v) is 6.80. The maximum absolute atomic E-state index is 6.05. The Hall–Kier alpha value is 1.40. The lowest BCUT2D eigenvalue weighted by Crippen LogP contribution is -2.54. The van der Waals surface area contributed by atoms with Crippen molar-refractivity contribution in [1.29, 1.82) is 0 Å². The number of nitrogens with two attached hydrogens (primary N) is 1. The Morgan fingerprint density at radius 3 is 1.50 bits per heavy atom. The molecule has 0 saturated heterocycles. The quantitative estimate of drug-likeness (QED) is 0.658. The molecule has 0 aromatic heterocycles. The largest absolute Gasteiger partial charge is 0.326 e. The third-order valence-corrected chi connectivity index (χ3v) is 7.30. The monoisotopic (exact) mass is 361 g/mol. The molecule has 0 aromatic carbocycles. The van der Waals surface area contributed by atoms with Crippen LogP contribution in [0.1, 0.15) is 13.8 Å². The molecule has 4 atom stereocenters. The standard InChI is InChI=1S/C8H14Br3N/c1-3-5(9)4(2)7(11)8(12)6(3)10/h3-8H,12H2,1-2H3. The predicted octanol–water partition coefficient (Wildman–Crippen LogP) is 2.89. The van der Waals surface area contributed by atoms with E-state index in [9.17, 15) is 0 Å². The lowest BCUT2D eigenvalue weighted by molar-refractivity contribution is 0.313. The molecule has 1 saturated carbocycles. The van der Waals surface area contributed by atoms with Crippen LogP contribution < -0.4 is 5.73 Å². The van der Waals surface area contributed by atoms with Crippen molar-refractivity contribution in [1.82, 2.24) is 0 Å². The van der Waals surface area contributed by atoms with E-state index in [1.807, 2.05) is 0 Å². The molecule has 0 radical (unpaired) electrons. The maximum Gasteiger partial charge on any atom is 0.0344 e. The summed E-state index contributed by atoms with van der Waals surface area (Å²) < 4.78 is 0. The minimum absolute atomic E-state index is 0.212. The van der Waals surface area contributed by atoms with Gasteiger partial charge in [-0.05, 0) is 11.8 Å². The molecule has 4 heteroatoms. The van der Waals surface area contributed by atoms with E-state index in [-0.39, 0.29) is 6.04 Å². The summed E-state index contributed by atoms with van der Waals surface area (Å²) >= 11 is 11.0. The summed E-state index contributed by atoms with van der Waals surface area (Å²) in [6, 6.07) is 0.212. The van der Waals surface area contributed by atoms with Gasteiger partial charge in [0.2, 0.25) is 0 Å². The zero-order valence-corrected chi connectivity index (χ0v) is 11.9. The first-order chi connectivity index (χ1) is 5.46. The lowest BCUT2D eigenvalue weighted by Gasteiger charge is -2.42. The van der Waals surface area contributed by atoms with Gasteiger partial charge in [0.1, 0.15) is 0 Å². The Morgan fingerprint density at radius 2 is 1.17 bits per heavy atom. The molecular formula is C8H14Br3N. The van der Waals surface area contributed by atoms with Gasteiger partial charge in [0.25, 0.3) is 0 Å². The topological polar surface area (TPSA) is 26.0 Å². The summed E-state index contributed by atoms with van der Waals surface area (Å²) in [7, 11) is 0. The van der Waals surface area contributed by atoms with Gasteiger partial charge in [-0.1, -0.05) is 61.6 Å². The van der Waals surface area contributed by atoms with Crippen molar-refractivity contribution in [3.63, 3.8) is 0 Å². The Kier molecular flexibility index (Phi) is 4.09. The van der Waals surface area contributed by atoms with Crippen molar-refractivity contribution >= 4 is 47.8 Å². The summed E-state index contributed by atoms with van der Waals surface area (Å²) in [5.74, 6) is 1.17. The van der Waals surface area contributed by atoms with E-state index in [1.54, 1.807) is 0 Å². The summed E-state index contributed by atoms with van der Waals surface area (Å²) in [4.78, 5) is 1.36. The van der Waals surface area contributed by atoms with Crippen molar-refractivity contribution in [2.45, 2.75) is 34.4 Å². The van der Waals surface area contributed by atoms with Gasteiger partial charge >= 0.3 is 0 Å². The zero-order chi connectivity index (χ0) is 9.46. The second kappa shape index (κ2) is 4.28.